The molecule has 1 unspecified atom stereocenters. The Balaban J connectivity index is 1.07. The van der Waals surface area contributed by atoms with E-state index in [0.29, 0.717) is 0 Å². The van der Waals surface area contributed by atoms with Gasteiger partial charge in [0.15, 0.2) is 0 Å². The highest BCUT2D eigenvalue weighted by molar-refractivity contribution is 5.82. The second-order valence-corrected chi connectivity index (χ2v) is 16.1. The van der Waals surface area contributed by atoms with Gasteiger partial charge in [0, 0.05) is 51.4 Å². The molecular formula is C59H53N3O5. The van der Waals surface area contributed by atoms with Crippen molar-refractivity contribution in [1.29, 1.82) is 0 Å². The normalized spacial score (nSPS) is 13.0. The Labute approximate surface area is 393 Å². The Kier molecular flexibility index (Phi) is 13.2. The summed E-state index contributed by atoms with van der Waals surface area (Å²) in [5.41, 5.74) is 14.0. The van der Waals surface area contributed by atoms with Gasteiger partial charge in [0.25, 0.3) is 0 Å². The van der Waals surface area contributed by atoms with E-state index in [1.54, 1.807) is 35.5 Å². The third-order valence-corrected chi connectivity index (χ3v) is 12.1. The zero-order valence-electron chi connectivity index (χ0n) is 38.4. The van der Waals surface area contributed by atoms with E-state index < -0.39 is 0 Å². The van der Waals surface area contributed by atoms with Crippen LogP contribution in [0.4, 0.5) is 39.8 Å². The average Bonchev–Trinajstić information content (AvgIpc) is 3.40. The molecular weight excluding hydrogens is 831 g/mol. The summed E-state index contributed by atoms with van der Waals surface area (Å²) in [7, 11) is 8.43. The fraction of sp³-hybridized carbons (Fsp3) is 0.119. The summed E-state index contributed by atoms with van der Waals surface area (Å²) in [4.78, 5) is 4.48. The Bertz CT molecular complexity index is 2690. The van der Waals surface area contributed by atoms with E-state index in [9.17, 15) is 0 Å². The maximum Gasteiger partial charge on any atom is 0.119 e. The maximum absolute atomic E-state index is 5.49. The topological polar surface area (TPSA) is 64.7 Å². The molecule has 8 nitrogen and oxygen atoms in total. The summed E-state index contributed by atoms with van der Waals surface area (Å²) >= 11 is 0. The lowest BCUT2D eigenvalue weighted by atomic mass is 9.87. The molecule has 0 spiro atoms. The summed E-state index contributed by atoms with van der Waals surface area (Å²) < 4.78 is 27.3. The lowest BCUT2D eigenvalue weighted by molar-refractivity contribution is 0.414. The van der Waals surface area contributed by atoms with Gasteiger partial charge in [-0.15, -0.1) is 0 Å². The third-order valence-electron chi connectivity index (χ3n) is 12.1. The van der Waals surface area contributed by atoms with Gasteiger partial charge in [-0.05, 0) is 192 Å². The van der Waals surface area contributed by atoms with Crippen LogP contribution >= 0.6 is 0 Å². The molecule has 9 rings (SSSR count). The molecule has 0 amide bonds. The molecule has 1 N–H and O–H groups in total. The van der Waals surface area contributed by atoms with E-state index in [-0.39, 0.29) is 5.92 Å². The van der Waals surface area contributed by atoms with E-state index in [1.165, 1.54) is 5.56 Å². The number of benzene rings is 8. The Morgan fingerprint density at radius 1 is 0.373 bits per heavy atom. The van der Waals surface area contributed by atoms with Crippen LogP contribution in [-0.2, 0) is 0 Å². The Hall–Kier alpha value is -8.36. The number of anilines is 7. The molecule has 0 saturated heterocycles. The minimum Gasteiger partial charge on any atom is -0.497 e. The summed E-state index contributed by atoms with van der Waals surface area (Å²) in [6.07, 6.45) is 7.64. The van der Waals surface area contributed by atoms with Gasteiger partial charge in [-0.1, -0.05) is 48.6 Å². The van der Waals surface area contributed by atoms with Gasteiger partial charge in [-0.3, -0.25) is 0 Å². The third kappa shape index (κ3) is 9.99. The zero-order valence-corrected chi connectivity index (χ0v) is 38.4. The van der Waals surface area contributed by atoms with Crippen molar-refractivity contribution in [3.8, 4) is 51.0 Å². The number of allylic oxidation sites excluding steroid dienone is 3. The molecule has 0 bridgehead atoms. The number of ether oxygens (including phenoxy) is 5. The number of nitrogens with zero attached hydrogens (tertiary/aromatic N) is 2. The van der Waals surface area contributed by atoms with Crippen LogP contribution < -0.4 is 38.8 Å². The minimum absolute atomic E-state index is 0.180. The molecule has 8 aromatic rings. The van der Waals surface area contributed by atoms with Crippen LogP contribution in [0.1, 0.15) is 17.9 Å². The van der Waals surface area contributed by atoms with Crippen LogP contribution in [0.5, 0.6) is 28.7 Å². The van der Waals surface area contributed by atoms with Gasteiger partial charge in [0.1, 0.15) is 28.7 Å². The van der Waals surface area contributed by atoms with Crippen LogP contribution in [0.15, 0.2) is 212 Å². The first-order valence-corrected chi connectivity index (χ1v) is 22.2. The SMILES string of the molecule is COc1ccc(NC2=CCC(c3cc(-c4ccc(N(c5ccc(OC)cc5)c5ccc(OC)cc5)cc4)cc(-c4ccc(N(c5ccc(OC)cc5)c5ccc(OC)cc5)cc4)c3)C=C2)cc1. The monoisotopic (exact) mass is 883 g/mol. The second-order valence-electron chi connectivity index (χ2n) is 16.1. The van der Waals surface area contributed by atoms with Crippen molar-refractivity contribution in [3.05, 3.63) is 218 Å². The van der Waals surface area contributed by atoms with Crippen molar-refractivity contribution in [1.82, 2.24) is 0 Å². The Morgan fingerprint density at radius 2 is 0.687 bits per heavy atom. The first-order valence-electron chi connectivity index (χ1n) is 22.2. The predicted octanol–water partition coefficient (Wildman–Crippen LogP) is 15.0. The zero-order chi connectivity index (χ0) is 46.1. The maximum atomic E-state index is 5.49. The van der Waals surface area contributed by atoms with Gasteiger partial charge in [-0.2, -0.15) is 0 Å². The van der Waals surface area contributed by atoms with E-state index in [1.807, 2.05) is 72.8 Å². The highest BCUT2D eigenvalue weighted by atomic mass is 16.5. The molecule has 0 saturated carbocycles. The number of rotatable bonds is 16. The molecule has 1 aliphatic rings. The molecule has 0 heterocycles. The van der Waals surface area contributed by atoms with Crippen molar-refractivity contribution < 1.29 is 23.7 Å². The molecule has 0 fully saturated rings. The Morgan fingerprint density at radius 3 is 0.985 bits per heavy atom. The highest BCUT2D eigenvalue weighted by Gasteiger charge is 2.19. The average molecular weight is 884 g/mol. The van der Waals surface area contributed by atoms with Crippen LogP contribution in [0, 0.1) is 0 Å². The van der Waals surface area contributed by atoms with Crippen LogP contribution in [0.25, 0.3) is 22.3 Å². The molecule has 0 aliphatic heterocycles. The van der Waals surface area contributed by atoms with Crippen molar-refractivity contribution >= 4 is 39.8 Å². The van der Waals surface area contributed by atoms with Gasteiger partial charge in [-0.25, -0.2) is 0 Å². The molecule has 1 atom stereocenters. The fourth-order valence-electron chi connectivity index (χ4n) is 8.43. The highest BCUT2D eigenvalue weighted by Crippen LogP contribution is 2.41. The fourth-order valence-corrected chi connectivity index (χ4v) is 8.43. The smallest absolute Gasteiger partial charge is 0.119 e. The standard InChI is InChI=1S/C59H53N3O5/c1-63-55-28-14-48(15-29-55)60-47-12-6-41(7-13-47)44-38-45(42-8-16-49(17-9-42)61(51-20-30-56(64-2)31-21-51)52-22-32-57(65-3)33-23-52)40-46(39-44)43-10-18-50(19-11-43)62(53-24-34-58(66-4)35-25-53)54-26-36-59(67-5)37-27-54/h6,8-41,60H,7H2,1-5H3. The van der Waals surface area contributed by atoms with Gasteiger partial charge in [0.05, 0.1) is 35.5 Å². The summed E-state index contributed by atoms with van der Waals surface area (Å²) in [5, 5.41) is 3.56. The lowest BCUT2D eigenvalue weighted by Crippen LogP contribution is -2.10. The molecule has 67 heavy (non-hydrogen) atoms. The first kappa shape index (κ1) is 43.9. The predicted molar refractivity (Wildman–Crippen MR) is 274 cm³/mol. The van der Waals surface area contributed by atoms with E-state index >= 15 is 0 Å². The van der Waals surface area contributed by atoms with Crippen molar-refractivity contribution in [2.45, 2.75) is 12.3 Å². The van der Waals surface area contributed by atoms with Crippen LogP contribution in [0.2, 0.25) is 0 Å². The van der Waals surface area contributed by atoms with Gasteiger partial charge in [0.2, 0.25) is 0 Å². The van der Waals surface area contributed by atoms with E-state index in [4.69, 9.17) is 23.7 Å². The minimum atomic E-state index is 0.180. The molecule has 334 valence electrons. The molecule has 1 aliphatic carbocycles. The van der Waals surface area contributed by atoms with E-state index in [0.717, 1.165) is 103 Å². The summed E-state index contributed by atoms with van der Waals surface area (Å²) in [6.45, 7) is 0. The van der Waals surface area contributed by atoms with Gasteiger partial charge < -0.3 is 38.8 Å². The largest absolute Gasteiger partial charge is 0.497 e. The van der Waals surface area contributed by atoms with Crippen molar-refractivity contribution in [3.63, 3.8) is 0 Å². The van der Waals surface area contributed by atoms with Crippen molar-refractivity contribution in [2.24, 2.45) is 0 Å². The molecule has 0 aromatic heterocycles. The number of hydrogen-bond donors (Lipinski definition) is 1. The first-order chi connectivity index (χ1) is 32.9. The number of methoxy groups -OCH3 is 5. The number of nitrogens with one attached hydrogen (secondary N) is 1. The van der Waals surface area contributed by atoms with E-state index in [2.05, 4.69) is 149 Å². The van der Waals surface area contributed by atoms with Crippen molar-refractivity contribution in [2.75, 3.05) is 50.7 Å². The molecule has 0 radical (unpaired) electrons. The van der Waals surface area contributed by atoms with Crippen LogP contribution in [0.3, 0.4) is 0 Å². The second kappa shape index (κ2) is 20.2. The quantitative estimate of drug-likeness (QED) is 0.103. The molecule has 8 heteroatoms. The summed E-state index contributed by atoms with van der Waals surface area (Å²) in [5.74, 6) is 4.23. The van der Waals surface area contributed by atoms with Crippen LogP contribution in [-0.4, -0.2) is 35.5 Å². The molecule has 8 aromatic carbocycles. The number of hydrogen-bond acceptors (Lipinski definition) is 8. The van der Waals surface area contributed by atoms with Gasteiger partial charge >= 0.3 is 0 Å². The summed E-state index contributed by atoms with van der Waals surface area (Å²) in [6, 6.07) is 65.2. The lowest BCUT2D eigenvalue weighted by Gasteiger charge is -2.26.